The number of hydrogen-bond acceptors (Lipinski definition) is 2. The maximum Gasteiger partial charge on any atom is 0.255 e. The summed E-state index contributed by atoms with van der Waals surface area (Å²) in [5.74, 6) is 0. The van der Waals surface area contributed by atoms with Crippen LogP contribution in [-0.2, 0) is 7.05 Å². The Balaban J connectivity index is 0.00000112. The molecule has 0 unspecified atom stereocenters. The van der Waals surface area contributed by atoms with Crippen LogP contribution in [0.15, 0.2) is 29.1 Å². The van der Waals surface area contributed by atoms with Gasteiger partial charge in [0.25, 0.3) is 5.56 Å². The fraction of sp³-hybridized carbons (Fsp3) is 0.182. The Labute approximate surface area is 93.9 Å². The van der Waals surface area contributed by atoms with Crippen LogP contribution in [-0.4, -0.2) is 4.57 Å². The van der Waals surface area contributed by atoms with Gasteiger partial charge in [-0.15, -0.1) is 12.4 Å². The van der Waals surface area contributed by atoms with E-state index >= 15 is 0 Å². The van der Waals surface area contributed by atoms with E-state index in [0.29, 0.717) is 11.3 Å². The molecule has 0 atom stereocenters. The highest BCUT2D eigenvalue weighted by atomic mass is 35.5. The molecule has 0 saturated heterocycles. The minimum atomic E-state index is -0.0267. The van der Waals surface area contributed by atoms with Crippen LogP contribution >= 0.6 is 12.4 Å². The van der Waals surface area contributed by atoms with Gasteiger partial charge in [-0.2, -0.15) is 0 Å². The normalized spacial score (nSPS) is 10.0. The number of anilines is 1. The van der Waals surface area contributed by atoms with Gasteiger partial charge in [0.2, 0.25) is 0 Å². The molecule has 2 aromatic rings. The Morgan fingerprint density at radius 1 is 1.27 bits per heavy atom. The third-order valence-corrected chi connectivity index (χ3v) is 2.59. The highest BCUT2D eigenvalue weighted by molar-refractivity contribution is 5.91. The van der Waals surface area contributed by atoms with Gasteiger partial charge in [0.15, 0.2) is 0 Å². The Bertz CT molecular complexity index is 560. The van der Waals surface area contributed by atoms with E-state index in [9.17, 15) is 4.79 Å². The molecule has 0 amide bonds. The molecule has 0 aliphatic heterocycles. The molecule has 0 bridgehead atoms. The lowest BCUT2D eigenvalue weighted by molar-refractivity contribution is 0.895. The Hall–Kier alpha value is -1.48. The topological polar surface area (TPSA) is 48.0 Å². The first-order chi connectivity index (χ1) is 6.63. The smallest absolute Gasteiger partial charge is 0.255 e. The molecule has 0 saturated carbocycles. The maximum atomic E-state index is 11.7. The number of pyridine rings is 1. The molecule has 2 N–H and O–H groups in total. The molecule has 3 nitrogen and oxygen atoms in total. The highest BCUT2D eigenvalue weighted by Gasteiger charge is 2.07. The molecule has 1 aromatic heterocycles. The number of fused-ring (bicyclic) bond motifs is 1. The lowest BCUT2D eigenvalue weighted by atomic mass is 10.1. The quantitative estimate of drug-likeness (QED) is 0.743. The molecule has 4 heteroatoms. The predicted octanol–water partition coefficient (Wildman–Crippen LogP) is 1.85. The monoisotopic (exact) mass is 224 g/mol. The number of benzene rings is 1. The zero-order valence-corrected chi connectivity index (χ0v) is 9.47. The summed E-state index contributed by atoms with van der Waals surface area (Å²) in [4.78, 5) is 11.7. The number of halogens is 1. The van der Waals surface area contributed by atoms with Crippen LogP contribution in [0.1, 0.15) is 5.56 Å². The summed E-state index contributed by atoms with van der Waals surface area (Å²) in [6.07, 6.45) is 0. The average Bonchev–Trinajstić information content (AvgIpc) is 2.23. The van der Waals surface area contributed by atoms with Crippen LogP contribution in [0.3, 0.4) is 0 Å². The minimum absolute atomic E-state index is 0. The molecule has 2 rings (SSSR count). The second kappa shape index (κ2) is 3.95. The van der Waals surface area contributed by atoms with Crippen molar-refractivity contribution in [3.8, 4) is 0 Å². The van der Waals surface area contributed by atoms with Crippen LogP contribution in [0.4, 0.5) is 5.69 Å². The molecule has 0 aliphatic rings. The van der Waals surface area contributed by atoms with Crippen molar-refractivity contribution in [3.63, 3.8) is 0 Å². The lowest BCUT2D eigenvalue weighted by Crippen LogP contribution is -2.21. The van der Waals surface area contributed by atoms with Gasteiger partial charge in [-0.25, -0.2) is 0 Å². The van der Waals surface area contributed by atoms with Gasteiger partial charge < -0.3 is 10.3 Å². The van der Waals surface area contributed by atoms with E-state index in [1.165, 1.54) is 0 Å². The van der Waals surface area contributed by atoms with E-state index in [4.69, 9.17) is 5.73 Å². The number of nitrogens with zero attached hydrogens (tertiary/aromatic N) is 1. The number of aromatic nitrogens is 1. The van der Waals surface area contributed by atoms with Crippen LogP contribution < -0.4 is 11.3 Å². The Kier molecular flexibility index (Phi) is 3.05. The van der Waals surface area contributed by atoms with E-state index in [0.717, 1.165) is 10.9 Å². The Morgan fingerprint density at radius 2 is 1.87 bits per heavy atom. The van der Waals surface area contributed by atoms with Crippen LogP contribution in [0.2, 0.25) is 0 Å². The van der Waals surface area contributed by atoms with Gasteiger partial charge in [-0.3, -0.25) is 4.79 Å². The van der Waals surface area contributed by atoms with Gasteiger partial charge in [0.05, 0.1) is 5.52 Å². The summed E-state index contributed by atoms with van der Waals surface area (Å²) in [6.45, 7) is 1.75. The van der Waals surface area contributed by atoms with E-state index < -0.39 is 0 Å². The first-order valence-electron chi connectivity index (χ1n) is 4.46. The van der Waals surface area contributed by atoms with Crippen LogP contribution in [0.5, 0.6) is 0 Å². The largest absolute Gasteiger partial charge is 0.398 e. The first-order valence-corrected chi connectivity index (χ1v) is 4.46. The number of nitrogen functional groups attached to an aromatic ring is 1. The zero-order valence-electron chi connectivity index (χ0n) is 8.65. The number of rotatable bonds is 0. The molecule has 15 heavy (non-hydrogen) atoms. The van der Waals surface area contributed by atoms with E-state index in [2.05, 4.69) is 0 Å². The number of hydrogen-bond donors (Lipinski definition) is 1. The van der Waals surface area contributed by atoms with Crippen LogP contribution in [0, 0.1) is 6.92 Å². The third kappa shape index (κ3) is 1.59. The second-order valence-electron chi connectivity index (χ2n) is 3.42. The number of nitrogens with two attached hydrogens (primary N) is 1. The summed E-state index contributed by atoms with van der Waals surface area (Å²) < 4.78 is 1.63. The molecule has 0 aliphatic carbocycles. The molecule has 1 aromatic carbocycles. The molecular weight excluding hydrogens is 212 g/mol. The summed E-state index contributed by atoms with van der Waals surface area (Å²) in [7, 11) is 1.76. The number of aryl methyl sites for hydroxylation is 1. The minimum Gasteiger partial charge on any atom is -0.398 e. The van der Waals surface area contributed by atoms with E-state index in [1.807, 2.05) is 24.3 Å². The molecule has 1 heterocycles. The van der Waals surface area contributed by atoms with Crippen molar-refractivity contribution in [3.05, 3.63) is 40.2 Å². The van der Waals surface area contributed by atoms with Gasteiger partial charge in [0.1, 0.15) is 0 Å². The Morgan fingerprint density at radius 3 is 2.53 bits per heavy atom. The fourth-order valence-electron chi connectivity index (χ4n) is 1.67. The standard InChI is InChI=1S/C11H12N2O.ClH/c1-7-10(12)8-5-3-4-6-9(8)13(2)11(7)14;/h3-6H,12H2,1-2H3;1H. The maximum absolute atomic E-state index is 11.7. The van der Waals surface area contributed by atoms with E-state index in [-0.39, 0.29) is 18.0 Å². The summed E-state index contributed by atoms with van der Waals surface area (Å²) in [6, 6.07) is 7.64. The van der Waals surface area contributed by atoms with Crippen LogP contribution in [0.25, 0.3) is 10.9 Å². The van der Waals surface area contributed by atoms with Gasteiger partial charge in [0, 0.05) is 23.7 Å². The fourth-order valence-corrected chi connectivity index (χ4v) is 1.67. The lowest BCUT2D eigenvalue weighted by Gasteiger charge is -2.09. The molecule has 0 fully saturated rings. The SMILES string of the molecule is Cc1c(N)c2ccccc2n(C)c1=O.Cl. The molecule has 0 radical (unpaired) electrons. The zero-order chi connectivity index (χ0) is 10.3. The van der Waals surface area contributed by atoms with Crippen molar-refractivity contribution >= 4 is 29.0 Å². The second-order valence-corrected chi connectivity index (χ2v) is 3.42. The van der Waals surface area contributed by atoms with Crippen molar-refractivity contribution in [2.45, 2.75) is 6.92 Å². The van der Waals surface area contributed by atoms with Gasteiger partial charge in [-0.1, -0.05) is 18.2 Å². The molecule has 80 valence electrons. The summed E-state index contributed by atoms with van der Waals surface area (Å²) >= 11 is 0. The van der Waals surface area contributed by atoms with Gasteiger partial charge in [-0.05, 0) is 13.0 Å². The van der Waals surface area contributed by atoms with Crippen molar-refractivity contribution in [2.75, 3.05) is 5.73 Å². The van der Waals surface area contributed by atoms with Crippen molar-refractivity contribution in [2.24, 2.45) is 7.05 Å². The van der Waals surface area contributed by atoms with Crippen molar-refractivity contribution in [1.82, 2.24) is 4.57 Å². The first kappa shape index (κ1) is 11.6. The van der Waals surface area contributed by atoms with Gasteiger partial charge >= 0.3 is 0 Å². The molecular formula is C11H13ClN2O. The summed E-state index contributed by atoms with van der Waals surface area (Å²) in [5, 5.41) is 0.937. The number of para-hydroxylation sites is 1. The predicted molar refractivity (Wildman–Crippen MR) is 65.6 cm³/mol. The highest BCUT2D eigenvalue weighted by Crippen LogP contribution is 2.20. The van der Waals surface area contributed by atoms with Crippen molar-refractivity contribution < 1.29 is 0 Å². The third-order valence-electron chi connectivity index (χ3n) is 2.59. The van der Waals surface area contributed by atoms with E-state index in [1.54, 1.807) is 18.5 Å². The summed E-state index contributed by atoms with van der Waals surface area (Å²) in [5.41, 5.74) is 7.93. The average molecular weight is 225 g/mol. The van der Waals surface area contributed by atoms with Crippen molar-refractivity contribution in [1.29, 1.82) is 0 Å². The molecule has 0 spiro atoms.